The average molecular weight is 474 g/mol. The van der Waals surface area contributed by atoms with Gasteiger partial charge in [0.1, 0.15) is 18.0 Å². The minimum absolute atomic E-state index is 0. The lowest BCUT2D eigenvalue weighted by atomic mass is 10.1. The first kappa shape index (κ1) is 22.3. The van der Waals surface area contributed by atoms with Crippen LogP contribution in [0.15, 0.2) is 35.6 Å². The predicted molar refractivity (Wildman–Crippen MR) is 114 cm³/mol. The number of aromatic nitrogens is 3. The Morgan fingerprint density at radius 3 is 2.58 bits per heavy atom. The van der Waals surface area contributed by atoms with Crippen molar-refractivity contribution in [2.75, 3.05) is 19.6 Å². The molecule has 1 aromatic heterocycles. The van der Waals surface area contributed by atoms with Gasteiger partial charge in [-0.15, -0.1) is 34.2 Å². The number of aryl methyl sites for hydroxylation is 1. The molecule has 0 aliphatic carbocycles. The maximum absolute atomic E-state index is 12.9. The maximum Gasteiger partial charge on any atom is 0.191 e. The number of guanidine groups is 1. The van der Waals surface area contributed by atoms with E-state index in [1.807, 2.05) is 16.7 Å². The van der Waals surface area contributed by atoms with E-state index in [4.69, 9.17) is 0 Å². The monoisotopic (exact) mass is 474 g/mol. The minimum atomic E-state index is -0.205. The molecule has 0 atom stereocenters. The minimum Gasteiger partial charge on any atom is -0.356 e. The highest BCUT2D eigenvalue weighted by atomic mass is 127. The fourth-order valence-electron chi connectivity index (χ4n) is 2.41. The molecule has 0 aliphatic rings. The number of halogens is 2. The molecule has 2 aromatic rings. The van der Waals surface area contributed by atoms with Crippen molar-refractivity contribution in [2.45, 2.75) is 39.7 Å². The number of nitrogens with zero attached hydrogens (tertiary/aromatic N) is 4. The molecule has 8 heteroatoms. The summed E-state index contributed by atoms with van der Waals surface area (Å²) in [4.78, 5) is 4.54. The van der Waals surface area contributed by atoms with Crippen LogP contribution in [0.1, 0.15) is 31.7 Å². The number of hydrogen-bond donors (Lipinski definition) is 2. The van der Waals surface area contributed by atoms with Crippen molar-refractivity contribution in [2.24, 2.45) is 4.99 Å². The Morgan fingerprint density at radius 1 is 1.15 bits per heavy atom. The molecule has 0 fully saturated rings. The van der Waals surface area contributed by atoms with Crippen LogP contribution in [-0.2, 0) is 19.4 Å². The molecule has 0 amide bonds. The third-order valence-corrected chi connectivity index (χ3v) is 3.77. The van der Waals surface area contributed by atoms with Gasteiger partial charge in [0.2, 0.25) is 0 Å². The average Bonchev–Trinajstić information content (AvgIpc) is 3.08. The zero-order valence-corrected chi connectivity index (χ0v) is 17.7. The van der Waals surface area contributed by atoms with E-state index in [1.54, 1.807) is 6.33 Å². The van der Waals surface area contributed by atoms with E-state index in [9.17, 15) is 4.39 Å². The van der Waals surface area contributed by atoms with Gasteiger partial charge in [-0.1, -0.05) is 26.0 Å². The van der Waals surface area contributed by atoms with Crippen molar-refractivity contribution < 1.29 is 4.39 Å². The Kier molecular flexibility index (Phi) is 10.8. The van der Waals surface area contributed by atoms with Gasteiger partial charge < -0.3 is 15.2 Å². The third kappa shape index (κ3) is 7.67. The summed E-state index contributed by atoms with van der Waals surface area (Å²) < 4.78 is 15.0. The van der Waals surface area contributed by atoms with E-state index in [-0.39, 0.29) is 29.8 Å². The van der Waals surface area contributed by atoms with Crippen LogP contribution in [0.2, 0.25) is 0 Å². The SMILES string of the molecule is CCCN=C(NCCc1ccc(F)cc1)NCCn1cnnc1CC.I. The van der Waals surface area contributed by atoms with E-state index in [1.165, 1.54) is 12.1 Å². The molecule has 0 aliphatic heterocycles. The number of hydrogen-bond acceptors (Lipinski definition) is 3. The topological polar surface area (TPSA) is 67.1 Å². The van der Waals surface area contributed by atoms with Crippen LogP contribution < -0.4 is 10.6 Å². The molecule has 0 spiro atoms. The van der Waals surface area contributed by atoms with Crippen molar-refractivity contribution >= 4 is 29.9 Å². The van der Waals surface area contributed by atoms with Gasteiger partial charge in [0, 0.05) is 32.6 Å². The highest BCUT2D eigenvalue weighted by Gasteiger charge is 2.03. The zero-order valence-electron chi connectivity index (χ0n) is 15.4. The van der Waals surface area contributed by atoms with Crippen LogP contribution >= 0.6 is 24.0 Å². The van der Waals surface area contributed by atoms with Gasteiger partial charge >= 0.3 is 0 Å². The molecule has 0 unspecified atom stereocenters. The van der Waals surface area contributed by atoms with Crippen molar-refractivity contribution in [3.8, 4) is 0 Å². The lowest BCUT2D eigenvalue weighted by Gasteiger charge is -2.13. The summed E-state index contributed by atoms with van der Waals surface area (Å²) in [6.45, 7) is 7.23. The van der Waals surface area contributed by atoms with Crippen LogP contribution in [0.3, 0.4) is 0 Å². The van der Waals surface area contributed by atoms with E-state index >= 15 is 0 Å². The number of rotatable bonds is 9. The van der Waals surface area contributed by atoms with Gasteiger partial charge in [-0.25, -0.2) is 4.39 Å². The second-order valence-corrected chi connectivity index (χ2v) is 5.75. The lowest BCUT2D eigenvalue weighted by Crippen LogP contribution is -2.40. The smallest absolute Gasteiger partial charge is 0.191 e. The first-order valence-electron chi connectivity index (χ1n) is 8.86. The molecule has 0 saturated heterocycles. The molecule has 0 radical (unpaired) electrons. The molecule has 144 valence electrons. The molecular weight excluding hydrogens is 446 g/mol. The standard InChI is InChI=1S/C18H27FN6.HI/c1-3-10-20-18(21-11-9-15-5-7-16(19)8-6-15)22-12-13-25-14-23-24-17(25)4-2;/h5-8,14H,3-4,9-13H2,1-2H3,(H2,20,21,22);1H. The molecule has 0 saturated carbocycles. The van der Waals surface area contributed by atoms with E-state index in [0.717, 1.165) is 62.8 Å². The molecule has 26 heavy (non-hydrogen) atoms. The van der Waals surface area contributed by atoms with Crippen LogP contribution in [0, 0.1) is 5.82 Å². The third-order valence-electron chi connectivity index (χ3n) is 3.77. The van der Waals surface area contributed by atoms with Crippen molar-refractivity contribution in [3.63, 3.8) is 0 Å². The second-order valence-electron chi connectivity index (χ2n) is 5.75. The van der Waals surface area contributed by atoms with Gasteiger partial charge in [0.15, 0.2) is 5.96 Å². The second kappa shape index (κ2) is 12.6. The first-order valence-corrected chi connectivity index (χ1v) is 8.86. The fourth-order valence-corrected chi connectivity index (χ4v) is 2.41. The lowest BCUT2D eigenvalue weighted by molar-refractivity contribution is 0.626. The first-order chi connectivity index (χ1) is 12.2. The van der Waals surface area contributed by atoms with Gasteiger partial charge in [0.05, 0.1) is 0 Å². The summed E-state index contributed by atoms with van der Waals surface area (Å²) in [5, 5.41) is 14.7. The number of benzene rings is 1. The maximum atomic E-state index is 12.9. The Labute approximate surface area is 171 Å². The highest BCUT2D eigenvalue weighted by molar-refractivity contribution is 14.0. The molecule has 2 N–H and O–H groups in total. The van der Waals surface area contributed by atoms with Gasteiger partial charge in [0.25, 0.3) is 0 Å². The quantitative estimate of drug-likeness (QED) is 0.333. The summed E-state index contributed by atoms with van der Waals surface area (Å²) in [5.41, 5.74) is 1.10. The molecule has 0 bridgehead atoms. The van der Waals surface area contributed by atoms with Crippen LogP contribution in [-0.4, -0.2) is 40.4 Å². The Bertz CT molecular complexity index is 656. The molecule has 1 aromatic carbocycles. The van der Waals surface area contributed by atoms with Gasteiger partial charge in [-0.05, 0) is 30.5 Å². The van der Waals surface area contributed by atoms with E-state index in [2.05, 4.69) is 39.7 Å². The molecule has 1 heterocycles. The van der Waals surface area contributed by atoms with E-state index < -0.39 is 0 Å². The Morgan fingerprint density at radius 2 is 1.88 bits per heavy atom. The van der Waals surface area contributed by atoms with Crippen molar-refractivity contribution in [3.05, 3.63) is 47.8 Å². The predicted octanol–water partition coefficient (Wildman–Crippen LogP) is 2.79. The molecule has 6 nitrogen and oxygen atoms in total. The molecular formula is C18H28FIN6. The summed E-state index contributed by atoms with van der Waals surface area (Å²) in [6.07, 6.45) is 4.44. The summed E-state index contributed by atoms with van der Waals surface area (Å²) in [6, 6.07) is 6.60. The van der Waals surface area contributed by atoms with Crippen LogP contribution in [0.25, 0.3) is 0 Å². The normalized spacial score (nSPS) is 11.1. The summed E-state index contributed by atoms with van der Waals surface area (Å²) in [7, 11) is 0. The van der Waals surface area contributed by atoms with Crippen molar-refractivity contribution in [1.82, 2.24) is 25.4 Å². The van der Waals surface area contributed by atoms with Crippen LogP contribution in [0.4, 0.5) is 4.39 Å². The molecule has 2 rings (SSSR count). The van der Waals surface area contributed by atoms with Gasteiger partial charge in [-0.3, -0.25) is 4.99 Å². The number of nitrogens with one attached hydrogen (secondary N) is 2. The highest BCUT2D eigenvalue weighted by Crippen LogP contribution is 2.02. The van der Waals surface area contributed by atoms with Gasteiger partial charge in [-0.2, -0.15) is 0 Å². The van der Waals surface area contributed by atoms with Crippen LogP contribution in [0.5, 0.6) is 0 Å². The number of aliphatic imine (C=N–C) groups is 1. The largest absolute Gasteiger partial charge is 0.356 e. The zero-order chi connectivity index (χ0) is 17.9. The van der Waals surface area contributed by atoms with E-state index in [0.29, 0.717) is 0 Å². The van der Waals surface area contributed by atoms with Crippen molar-refractivity contribution in [1.29, 1.82) is 0 Å². The Balaban J connectivity index is 0.00000338. The Hall–Kier alpha value is -1.71. The fraction of sp³-hybridized carbons (Fsp3) is 0.500. The summed E-state index contributed by atoms with van der Waals surface area (Å²) >= 11 is 0. The summed E-state index contributed by atoms with van der Waals surface area (Å²) in [5.74, 6) is 1.58.